The van der Waals surface area contributed by atoms with E-state index in [0.29, 0.717) is 11.4 Å². The minimum Gasteiger partial charge on any atom is -0.507 e. The normalized spacial score (nSPS) is 12.2. The second-order valence-corrected chi connectivity index (χ2v) is 19.3. The van der Waals surface area contributed by atoms with Gasteiger partial charge in [0.05, 0.1) is 22.3 Å². The quantitative estimate of drug-likeness (QED) is 0.154. The number of benzene rings is 7. The molecule has 2 heterocycles. The third-order valence-corrected chi connectivity index (χ3v) is 12.3. The van der Waals surface area contributed by atoms with Crippen LogP contribution < -0.4 is 0 Å². The Morgan fingerprint density at radius 1 is 0.600 bits per heavy atom. The number of nitrogens with zero attached hydrogens (tertiary/aromatic N) is 3. The Labute approximate surface area is 400 Å². The molecule has 0 aliphatic heterocycles. The number of rotatable bonds is 8. The molecule has 65 heavy (non-hydrogen) atoms. The van der Waals surface area contributed by atoms with E-state index in [0.717, 1.165) is 94.7 Å². The van der Waals surface area contributed by atoms with E-state index in [1.54, 1.807) is 0 Å². The number of aryl methyl sites for hydroxylation is 1. The van der Waals surface area contributed by atoms with E-state index in [9.17, 15) is 5.11 Å². The molecule has 7 aromatic carbocycles. The number of pyridine rings is 1. The predicted octanol–water partition coefficient (Wildman–Crippen LogP) is 16.0. The molecule has 328 valence electrons. The molecule has 0 atom stereocenters. The van der Waals surface area contributed by atoms with E-state index >= 15 is 0 Å². The van der Waals surface area contributed by atoms with Crippen molar-refractivity contribution in [1.82, 2.24) is 14.5 Å². The molecule has 0 bridgehead atoms. The van der Waals surface area contributed by atoms with Gasteiger partial charge in [-0.1, -0.05) is 193 Å². The van der Waals surface area contributed by atoms with Crippen molar-refractivity contribution in [3.8, 4) is 78.6 Å². The maximum atomic E-state index is 12.5. The molecule has 0 fully saturated rings. The first-order valence-corrected chi connectivity index (χ1v) is 22.2. The van der Waals surface area contributed by atoms with Gasteiger partial charge in [-0.2, -0.15) is 0 Å². The van der Waals surface area contributed by atoms with Crippen molar-refractivity contribution in [1.29, 1.82) is 0 Å². The monoisotopic (exact) mass is 1030 g/mol. The Morgan fingerprint density at radius 3 is 1.92 bits per heavy atom. The molecule has 0 aliphatic rings. The molecule has 4 nitrogen and oxygen atoms in total. The molecule has 0 radical (unpaired) electrons. The van der Waals surface area contributed by atoms with Gasteiger partial charge in [-0.15, -0.1) is 23.8 Å². The summed E-state index contributed by atoms with van der Waals surface area (Å²) in [5.74, 6) is 0.221. The fourth-order valence-electron chi connectivity index (χ4n) is 8.65. The second-order valence-electron chi connectivity index (χ2n) is 19.3. The van der Waals surface area contributed by atoms with Crippen molar-refractivity contribution in [3.63, 3.8) is 0 Å². The first kappa shape index (κ1) is 43.9. The van der Waals surface area contributed by atoms with Gasteiger partial charge in [0.1, 0.15) is 11.6 Å². The van der Waals surface area contributed by atoms with Crippen molar-refractivity contribution in [3.05, 3.63) is 192 Å². The standard InChI is InChI=1S/C60H56N3O.Pt/c1-38(2)40-24-26-42(27-25-40)44-29-30-61-53(35-44)47-33-45(41-17-12-10-13-18-41)32-46(34-47)49-21-16-22-55-56(49)62-58(51-36-48(59(4,5)6)37-52(57(51)64)60(7,8)9)63(55)54-28-23-39(3)31-50(54)43-19-14-11-15-20-43;/h10-33,35-38,64H,1-9H3;/q-1;/i38D;. The molecule has 0 spiro atoms. The summed E-state index contributed by atoms with van der Waals surface area (Å²) in [7, 11) is 0. The predicted molar refractivity (Wildman–Crippen MR) is 268 cm³/mol. The molecule has 5 heteroatoms. The van der Waals surface area contributed by atoms with Crippen LogP contribution in [-0.2, 0) is 31.9 Å². The summed E-state index contributed by atoms with van der Waals surface area (Å²) in [6.07, 6.45) is 1.86. The van der Waals surface area contributed by atoms with Crippen LogP contribution in [0.15, 0.2) is 164 Å². The van der Waals surface area contributed by atoms with Gasteiger partial charge in [-0.25, -0.2) is 4.98 Å². The van der Waals surface area contributed by atoms with Crippen molar-refractivity contribution in [2.75, 3.05) is 0 Å². The maximum absolute atomic E-state index is 12.5. The molecule has 2 aromatic heterocycles. The number of imidazole rings is 1. The Hall–Kier alpha value is -6.35. The Kier molecular flexibility index (Phi) is 12.1. The van der Waals surface area contributed by atoms with Crippen LogP contribution in [0.4, 0.5) is 0 Å². The van der Waals surface area contributed by atoms with E-state index in [1.165, 1.54) is 0 Å². The van der Waals surface area contributed by atoms with Gasteiger partial charge in [0.15, 0.2) is 0 Å². The van der Waals surface area contributed by atoms with Crippen LogP contribution in [0.3, 0.4) is 0 Å². The molecule has 9 rings (SSSR count). The summed E-state index contributed by atoms with van der Waals surface area (Å²) in [6.45, 7) is 19.1. The fourth-order valence-corrected chi connectivity index (χ4v) is 8.65. The average molecular weight is 1030 g/mol. The summed E-state index contributed by atoms with van der Waals surface area (Å²) in [6, 6.07) is 58.8. The molecule has 0 aliphatic carbocycles. The van der Waals surface area contributed by atoms with Gasteiger partial charge in [-0.05, 0) is 87.4 Å². The van der Waals surface area contributed by atoms with E-state index in [2.05, 4.69) is 186 Å². The Balaban J connectivity index is 0.00000592. The first-order chi connectivity index (χ1) is 30.9. The van der Waals surface area contributed by atoms with E-state index in [1.807, 2.05) is 50.4 Å². The van der Waals surface area contributed by atoms with Crippen molar-refractivity contribution in [2.24, 2.45) is 0 Å². The minimum atomic E-state index is -0.679. The number of aromatic nitrogens is 3. The molecule has 1 N–H and O–H groups in total. The second kappa shape index (κ2) is 17.9. The van der Waals surface area contributed by atoms with Crippen LogP contribution in [0.25, 0.3) is 83.9 Å². The molecular weight excluding hydrogens is 974 g/mol. The maximum Gasteiger partial charge on any atom is 0.148 e. The number of hydrogen-bond acceptors (Lipinski definition) is 3. The van der Waals surface area contributed by atoms with Crippen molar-refractivity contribution < 1.29 is 27.5 Å². The molecule has 9 aromatic rings. The molecule has 0 amide bonds. The summed E-state index contributed by atoms with van der Waals surface area (Å²) in [4.78, 5) is 10.6. The zero-order valence-corrected chi connectivity index (χ0v) is 41.0. The number of hydrogen-bond donors (Lipinski definition) is 1. The topological polar surface area (TPSA) is 50.9 Å². The molecule has 0 saturated heterocycles. The van der Waals surface area contributed by atoms with E-state index in [4.69, 9.17) is 11.3 Å². The summed E-state index contributed by atoms with van der Waals surface area (Å²) >= 11 is 0. The van der Waals surface area contributed by atoms with E-state index < -0.39 is 5.89 Å². The zero-order chi connectivity index (χ0) is 45.8. The number of aromatic hydroxyl groups is 1. The number of phenolic OH excluding ortho intramolecular Hbond substituents is 1. The molecular formula is C60H56N3OPt-. The van der Waals surface area contributed by atoms with Crippen LogP contribution in [0.5, 0.6) is 5.75 Å². The van der Waals surface area contributed by atoms with Crippen LogP contribution >= 0.6 is 0 Å². The SMILES string of the molecule is [2H]C(C)(C)c1ccc(-c2ccnc(-c3[c-]c(-c4cccc5c4nc(-c4cc(C(C)(C)C)cc(C(C)(C)C)c4O)n5-c4ccc(C)cc4-c4ccccc4)cc(-c4ccccc4)c3)c2)cc1.[Pt]. The van der Waals surface area contributed by atoms with E-state index in [-0.39, 0.29) is 37.6 Å². The summed E-state index contributed by atoms with van der Waals surface area (Å²) in [5, 5.41) is 12.5. The van der Waals surface area contributed by atoms with Crippen LogP contribution in [0.1, 0.15) is 84.9 Å². The Bertz CT molecular complexity index is 3210. The first-order valence-electron chi connectivity index (χ1n) is 22.7. The van der Waals surface area contributed by atoms with Gasteiger partial charge in [0.25, 0.3) is 0 Å². The Morgan fingerprint density at radius 2 is 1.26 bits per heavy atom. The summed E-state index contributed by atoms with van der Waals surface area (Å²) < 4.78 is 10.8. The average Bonchev–Trinajstić information content (AvgIpc) is 3.68. The molecule has 0 unspecified atom stereocenters. The van der Waals surface area contributed by atoms with Crippen LogP contribution in [-0.4, -0.2) is 19.6 Å². The van der Waals surface area contributed by atoms with Crippen molar-refractivity contribution in [2.45, 2.75) is 79.0 Å². The van der Waals surface area contributed by atoms with Crippen molar-refractivity contribution >= 4 is 11.0 Å². The minimum absolute atomic E-state index is 0. The van der Waals surface area contributed by atoms with Gasteiger partial charge >= 0.3 is 0 Å². The molecule has 0 saturated carbocycles. The number of fused-ring (bicyclic) bond motifs is 1. The van der Waals surface area contributed by atoms with Gasteiger partial charge in [-0.3, -0.25) is 9.55 Å². The number of phenols is 1. The van der Waals surface area contributed by atoms with Gasteiger partial charge in [0, 0.05) is 45.5 Å². The van der Waals surface area contributed by atoms with Gasteiger partial charge < -0.3 is 5.11 Å². The summed E-state index contributed by atoms with van der Waals surface area (Å²) in [5.41, 5.74) is 16.8. The zero-order valence-electron chi connectivity index (χ0n) is 39.7. The third-order valence-electron chi connectivity index (χ3n) is 12.3. The van der Waals surface area contributed by atoms with Gasteiger partial charge in [0.2, 0.25) is 0 Å². The third kappa shape index (κ3) is 9.02. The van der Waals surface area contributed by atoms with Crippen LogP contribution in [0, 0.1) is 13.0 Å². The number of para-hydroxylation sites is 1. The largest absolute Gasteiger partial charge is 0.507 e. The fraction of sp³-hybridized carbons (Fsp3) is 0.200. The smallest absolute Gasteiger partial charge is 0.148 e. The van der Waals surface area contributed by atoms with Crippen LogP contribution in [0.2, 0.25) is 0 Å².